The minimum absolute atomic E-state index is 0.465. The van der Waals surface area contributed by atoms with Crippen LogP contribution in [0.2, 0.25) is 0 Å². The minimum atomic E-state index is 0.465. The first-order valence-corrected chi connectivity index (χ1v) is 9.15. The van der Waals surface area contributed by atoms with Crippen molar-refractivity contribution < 1.29 is 9.26 Å². The first-order chi connectivity index (χ1) is 13.3. The molecule has 136 valence electrons. The van der Waals surface area contributed by atoms with Gasteiger partial charge in [0, 0.05) is 11.1 Å². The Labute approximate surface area is 156 Å². The van der Waals surface area contributed by atoms with Gasteiger partial charge in [0.05, 0.1) is 18.7 Å². The number of ether oxygens (including phenoxy) is 1. The highest BCUT2D eigenvalue weighted by molar-refractivity contribution is 5.80. The van der Waals surface area contributed by atoms with E-state index in [0.717, 1.165) is 27.9 Å². The summed E-state index contributed by atoms with van der Waals surface area (Å²) in [5, 5.41) is 12.8. The summed E-state index contributed by atoms with van der Waals surface area (Å²) in [5.41, 5.74) is 3.63. The van der Waals surface area contributed by atoms with Crippen LogP contribution in [0.3, 0.4) is 0 Å². The Hall–Kier alpha value is -3.22. The molecule has 7 heteroatoms. The van der Waals surface area contributed by atoms with Gasteiger partial charge in [0.15, 0.2) is 0 Å². The Morgan fingerprint density at radius 1 is 1.04 bits per heavy atom. The van der Waals surface area contributed by atoms with Gasteiger partial charge in [-0.15, -0.1) is 5.10 Å². The van der Waals surface area contributed by atoms with Gasteiger partial charge in [0.25, 0.3) is 5.89 Å². The Morgan fingerprint density at radius 2 is 1.81 bits per heavy atom. The molecule has 4 aromatic rings. The van der Waals surface area contributed by atoms with E-state index in [-0.39, 0.29) is 0 Å². The van der Waals surface area contributed by atoms with Gasteiger partial charge in [-0.05, 0) is 55.3 Å². The molecule has 2 heterocycles. The average molecular weight is 361 g/mol. The molecular weight excluding hydrogens is 342 g/mol. The Kier molecular flexibility index (Phi) is 3.85. The van der Waals surface area contributed by atoms with Gasteiger partial charge in [-0.3, -0.25) is 0 Å². The number of methoxy groups -OCH3 is 1. The van der Waals surface area contributed by atoms with Crippen LogP contribution in [0.1, 0.15) is 31.7 Å². The molecule has 1 fully saturated rings. The molecule has 2 aromatic carbocycles. The summed E-state index contributed by atoms with van der Waals surface area (Å²) in [6.45, 7) is 0. The molecule has 0 N–H and O–H groups in total. The molecule has 1 aliphatic carbocycles. The van der Waals surface area contributed by atoms with Crippen LogP contribution in [0.5, 0.6) is 5.75 Å². The topological polar surface area (TPSA) is 78.9 Å². The van der Waals surface area contributed by atoms with Gasteiger partial charge < -0.3 is 9.26 Å². The molecule has 0 aliphatic heterocycles. The van der Waals surface area contributed by atoms with E-state index in [4.69, 9.17) is 9.26 Å². The average Bonchev–Trinajstić information content (AvgIpc) is 3.47. The molecular formula is C20H19N5O2. The fourth-order valence-electron chi connectivity index (χ4n) is 3.69. The van der Waals surface area contributed by atoms with Crippen LogP contribution in [0.4, 0.5) is 0 Å². The maximum Gasteiger partial charge on any atom is 0.258 e. The number of fused-ring (bicyclic) bond motifs is 1. The third-order valence-corrected chi connectivity index (χ3v) is 5.16. The molecule has 0 spiro atoms. The fraction of sp³-hybridized carbons (Fsp3) is 0.300. The molecule has 0 radical (unpaired) electrons. The molecule has 2 aromatic heterocycles. The lowest BCUT2D eigenvalue weighted by atomic mass is 10.1. The maximum absolute atomic E-state index is 5.43. The van der Waals surface area contributed by atoms with Crippen molar-refractivity contribution >= 4 is 11.0 Å². The highest BCUT2D eigenvalue weighted by Crippen LogP contribution is 2.32. The SMILES string of the molecule is COc1ccc(-c2nc(-c3ccc4c(c3)nnn4C3CCCC3)no2)cc1. The largest absolute Gasteiger partial charge is 0.497 e. The van der Waals surface area contributed by atoms with Crippen molar-refractivity contribution in [2.45, 2.75) is 31.7 Å². The number of benzene rings is 2. The van der Waals surface area contributed by atoms with Gasteiger partial charge in [-0.1, -0.05) is 23.2 Å². The van der Waals surface area contributed by atoms with Crippen molar-refractivity contribution in [2.75, 3.05) is 7.11 Å². The third-order valence-electron chi connectivity index (χ3n) is 5.16. The fourth-order valence-corrected chi connectivity index (χ4v) is 3.69. The van der Waals surface area contributed by atoms with Crippen molar-refractivity contribution in [1.82, 2.24) is 25.1 Å². The Balaban J connectivity index is 1.46. The summed E-state index contributed by atoms with van der Waals surface area (Å²) in [7, 11) is 1.64. The predicted octanol–water partition coefficient (Wildman–Crippen LogP) is 4.27. The molecule has 0 unspecified atom stereocenters. The van der Waals surface area contributed by atoms with E-state index in [1.54, 1.807) is 7.11 Å². The molecule has 0 atom stereocenters. The van der Waals surface area contributed by atoms with E-state index in [1.165, 1.54) is 25.7 Å². The van der Waals surface area contributed by atoms with Gasteiger partial charge in [0.2, 0.25) is 5.82 Å². The summed E-state index contributed by atoms with van der Waals surface area (Å²) >= 11 is 0. The predicted molar refractivity (Wildman–Crippen MR) is 100 cm³/mol. The van der Waals surface area contributed by atoms with E-state index in [2.05, 4.69) is 25.1 Å². The molecule has 27 heavy (non-hydrogen) atoms. The van der Waals surface area contributed by atoms with Crippen LogP contribution >= 0.6 is 0 Å². The van der Waals surface area contributed by atoms with Crippen LogP contribution in [0, 0.1) is 0 Å². The summed E-state index contributed by atoms with van der Waals surface area (Å²) in [4.78, 5) is 4.52. The maximum atomic E-state index is 5.43. The standard InChI is InChI=1S/C20H19N5O2/c1-26-16-9-6-13(7-10-16)20-21-19(23-27-20)14-8-11-18-17(12-14)22-24-25(18)15-4-2-3-5-15/h6-12,15H,2-5H2,1H3. The highest BCUT2D eigenvalue weighted by Gasteiger charge is 2.20. The van der Waals surface area contributed by atoms with Crippen LogP contribution in [0.25, 0.3) is 33.9 Å². The van der Waals surface area contributed by atoms with Crippen LogP contribution in [0.15, 0.2) is 47.0 Å². The van der Waals surface area contributed by atoms with Gasteiger partial charge in [-0.2, -0.15) is 4.98 Å². The number of aromatic nitrogens is 5. The van der Waals surface area contributed by atoms with Gasteiger partial charge in [0.1, 0.15) is 11.3 Å². The summed E-state index contributed by atoms with van der Waals surface area (Å²) in [5.74, 6) is 1.80. The van der Waals surface area contributed by atoms with Crippen molar-refractivity contribution in [1.29, 1.82) is 0 Å². The number of hydrogen-bond donors (Lipinski definition) is 0. The minimum Gasteiger partial charge on any atom is -0.497 e. The Morgan fingerprint density at radius 3 is 2.59 bits per heavy atom. The molecule has 7 nitrogen and oxygen atoms in total. The van der Waals surface area contributed by atoms with Crippen molar-refractivity contribution in [3.05, 3.63) is 42.5 Å². The zero-order chi connectivity index (χ0) is 18.2. The second kappa shape index (κ2) is 6.50. The van der Waals surface area contributed by atoms with Crippen LogP contribution < -0.4 is 4.74 Å². The molecule has 0 saturated heterocycles. The van der Waals surface area contributed by atoms with Crippen LogP contribution in [-0.4, -0.2) is 32.2 Å². The first-order valence-electron chi connectivity index (χ1n) is 9.15. The molecule has 0 bridgehead atoms. The number of hydrogen-bond acceptors (Lipinski definition) is 6. The monoisotopic (exact) mass is 361 g/mol. The normalized spacial score (nSPS) is 14.9. The lowest BCUT2D eigenvalue weighted by Gasteiger charge is -2.09. The van der Waals surface area contributed by atoms with Crippen molar-refractivity contribution in [3.63, 3.8) is 0 Å². The Bertz CT molecular complexity index is 1080. The lowest BCUT2D eigenvalue weighted by Crippen LogP contribution is -2.06. The molecule has 5 rings (SSSR count). The molecule has 0 amide bonds. The van der Waals surface area contributed by atoms with E-state index in [1.807, 2.05) is 42.5 Å². The van der Waals surface area contributed by atoms with Crippen molar-refractivity contribution in [3.8, 4) is 28.6 Å². The van der Waals surface area contributed by atoms with E-state index in [0.29, 0.717) is 17.8 Å². The number of rotatable bonds is 4. The van der Waals surface area contributed by atoms with Gasteiger partial charge in [-0.25, -0.2) is 4.68 Å². The zero-order valence-electron chi connectivity index (χ0n) is 15.0. The van der Waals surface area contributed by atoms with Crippen molar-refractivity contribution in [2.24, 2.45) is 0 Å². The summed E-state index contributed by atoms with van der Waals surface area (Å²) < 4.78 is 12.7. The second-order valence-electron chi connectivity index (χ2n) is 6.83. The van der Waals surface area contributed by atoms with E-state index < -0.39 is 0 Å². The highest BCUT2D eigenvalue weighted by atomic mass is 16.5. The summed E-state index contributed by atoms with van der Waals surface area (Å²) in [6.07, 6.45) is 4.88. The van der Waals surface area contributed by atoms with E-state index in [9.17, 15) is 0 Å². The number of nitrogens with zero attached hydrogens (tertiary/aromatic N) is 5. The smallest absolute Gasteiger partial charge is 0.258 e. The zero-order valence-corrected chi connectivity index (χ0v) is 15.0. The third kappa shape index (κ3) is 2.85. The lowest BCUT2D eigenvalue weighted by molar-refractivity contribution is 0.414. The quantitative estimate of drug-likeness (QED) is 0.540. The van der Waals surface area contributed by atoms with E-state index >= 15 is 0 Å². The molecule has 1 aliphatic rings. The molecule has 1 saturated carbocycles. The van der Waals surface area contributed by atoms with Gasteiger partial charge >= 0.3 is 0 Å². The van der Waals surface area contributed by atoms with Crippen LogP contribution in [-0.2, 0) is 0 Å². The first kappa shape index (κ1) is 16.0. The summed E-state index contributed by atoms with van der Waals surface area (Å²) in [6, 6.07) is 14.0. The second-order valence-corrected chi connectivity index (χ2v) is 6.83.